The number of amides is 2. The first-order valence-corrected chi connectivity index (χ1v) is 13.7. The zero-order valence-electron chi connectivity index (χ0n) is 21.4. The van der Waals surface area contributed by atoms with Crippen molar-refractivity contribution in [3.8, 4) is 11.5 Å². The average Bonchev–Trinajstić information content (AvgIpc) is 2.92. The Kier molecular flexibility index (Phi) is 9.67. The molecule has 10 heteroatoms. The molecule has 0 saturated carbocycles. The van der Waals surface area contributed by atoms with Crippen LogP contribution in [0, 0.1) is 0 Å². The second-order valence-electron chi connectivity index (χ2n) is 8.71. The van der Waals surface area contributed by atoms with Crippen LogP contribution in [-0.4, -0.2) is 79.1 Å². The van der Waals surface area contributed by atoms with Crippen LogP contribution in [0.1, 0.15) is 30.9 Å². The molecule has 1 saturated heterocycles. The Labute approximate surface area is 222 Å². The fourth-order valence-corrected chi connectivity index (χ4v) is 5.15. The van der Waals surface area contributed by atoms with E-state index in [0.29, 0.717) is 49.8 Å². The molecule has 0 radical (unpaired) electrons. The van der Waals surface area contributed by atoms with Crippen molar-refractivity contribution in [2.45, 2.75) is 26.3 Å². The van der Waals surface area contributed by atoms with Gasteiger partial charge < -0.3 is 14.2 Å². The summed E-state index contributed by atoms with van der Waals surface area (Å²) in [4.78, 5) is 27.0. The first kappa shape index (κ1) is 26.8. The van der Waals surface area contributed by atoms with Gasteiger partial charge >= 0.3 is 6.09 Å². The van der Waals surface area contributed by atoms with Crippen molar-refractivity contribution < 1.29 is 23.8 Å². The normalized spacial score (nSPS) is 16.2. The Hall–Kier alpha value is -3.24. The molecular formula is C27H34N4O5S. The largest absolute Gasteiger partial charge is 0.493 e. The number of carbonyl (C=O) groups is 2. The van der Waals surface area contributed by atoms with E-state index < -0.39 is 6.09 Å². The van der Waals surface area contributed by atoms with E-state index in [9.17, 15) is 9.59 Å². The third-order valence-corrected chi connectivity index (χ3v) is 7.12. The van der Waals surface area contributed by atoms with Gasteiger partial charge in [-0.25, -0.2) is 9.80 Å². The zero-order valence-corrected chi connectivity index (χ0v) is 22.2. The van der Waals surface area contributed by atoms with Gasteiger partial charge in [0.25, 0.3) is 0 Å². The lowest BCUT2D eigenvalue weighted by Crippen LogP contribution is -2.35. The van der Waals surface area contributed by atoms with E-state index in [1.165, 1.54) is 5.01 Å². The number of rotatable bonds is 10. The molecule has 4 rings (SSSR count). The summed E-state index contributed by atoms with van der Waals surface area (Å²) in [5.41, 5.74) is 3.27. The molecule has 2 aliphatic heterocycles. The molecule has 0 unspecified atom stereocenters. The van der Waals surface area contributed by atoms with Crippen LogP contribution < -0.4 is 14.8 Å². The number of thioether (sulfide) groups is 1. The molecule has 0 aliphatic carbocycles. The highest BCUT2D eigenvalue weighted by Crippen LogP contribution is 2.30. The number of ether oxygens (including phenoxy) is 3. The van der Waals surface area contributed by atoms with Crippen molar-refractivity contribution in [1.82, 2.24) is 9.91 Å². The monoisotopic (exact) mass is 526 g/mol. The van der Waals surface area contributed by atoms with Gasteiger partial charge in [-0.05, 0) is 42.8 Å². The van der Waals surface area contributed by atoms with Crippen LogP contribution in [0.4, 0.5) is 10.5 Å². The van der Waals surface area contributed by atoms with Crippen molar-refractivity contribution >= 4 is 35.2 Å². The van der Waals surface area contributed by atoms with Crippen molar-refractivity contribution in [2.75, 3.05) is 56.8 Å². The van der Waals surface area contributed by atoms with Gasteiger partial charge in [0.15, 0.2) is 11.5 Å². The Morgan fingerprint density at radius 2 is 1.86 bits per heavy atom. The van der Waals surface area contributed by atoms with Crippen LogP contribution in [0.15, 0.2) is 47.6 Å². The fourth-order valence-electron chi connectivity index (χ4n) is 4.17. The van der Waals surface area contributed by atoms with Crippen LogP contribution >= 0.6 is 11.8 Å². The predicted octanol–water partition coefficient (Wildman–Crippen LogP) is 4.22. The van der Waals surface area contributed by atoms with E-state index in [1.54, 1.807) is 19.2 Å². The summed E-state index contributed by atoms with van der Waals surface area (Å²) in [5.74, 6) is 3.55. The number of hydrogen-bond donors (Lipinski definition) is 1. The van der Waals surface area contributed by atoms with Crippen molar-refractivity contribution in [3.05, 3.63) is 53.6 Å². The fraction of sp³-hybridized carbons (Fsp3) is 0.444. The minimum Gasteiger partial charge on any atom is -0.493 e. The van der Waals surface area contributed by atoms with Crippen LogP contribution in [0.2, 0.25) is 0 Å². The molecule has 2 aliphatic rings. The van der Waals surface area contributed by atoms with E-state index in [1.807, 2.05) is 49.0 Å². The lowest BCUT2D eigenvalue weighted by molar-refractivity contribution is -0.132. The van der Waals surface area contributed by atoms with Crippen LogP contribution in [0.25, 0.3) is 0 Å². The van der Waals surface area contributed by atoms with E-state index >= 15 is 0 Å². The maximum atomic E-state index is 12.6. The Morgan fingerprint density at radius 1 is 1.08 bits per heavy atom. The van der Waals surface area contributed by atoms with Crippen molar-refractivity contribution in [3.63, 3.8) is 0 Å². The van der Waals surface area contributed by atoms with Crippen LogP contribution in [0.3, 0.4) is 0 Å². The van der Waals surface area contributed by atoms with Gasteiger partial charge in [0.05, 0.1) is 26.0 Å². The van der Waals surface area contributed by atoms with Crippen molar-refractivity contribution in [2.24, 2.45) is 5.10 Å². The summed E-state index contributed by atoms with van der Waals surface area (Å²) in [6.07, 6.45) is 0.483. The van der Waals surface area contributed by atoms with Gasteiger partial charge in [-0.1, -0.05) is 12.1 Å². The van der Waals surface area contributed by atoms with Gasteiger partial charge in [-0.15, -0.1) is 0 Å². The van der Waals surface area contributed by atoms with E-state index in [4.69, 9.17) is 14.2 Å². The molecule has 198 valence electrons. The van der Waals surface area contributed by atoms with Gasteiger partial charge in [-0.2, -0.15) is 16.9 Å². The topological polar surface area (TPSA) is 92.7 Å². The number of hydrazone groups is 1. The number of anilines is 1. The molecule has 2 heterocycles. The van der Waals surface area contributed by atoms with E-state index in [0.717, 1.165) is 48.0 Å². The number of hydrogen-bond acceptors (Lipinski definition) is 8. The van der Waals surface area contributed by atoms with Gasteiger partial charge in [0.1, 0.15) is 6.61 Å². The number of nitrogens with zero attached hydrogens (tertiary/aromatic N) is 3. The summed E-state index contributed by atoms with van der Waals surface area (Å²) in [5, 5.41) is 8.90. The minimum absolute atomic E-state index is 0.0274. The maximum Gasteiger partial charge on any atom is 0.411 e. The molecule has 0 spiro atoms. The Morgan fingerprint density at radius 3 is 2.59 bits per heavy atom. The number of benzene rings is 2. The molecule has 0 aromatic heterocycles. The highest BCUT2D eigenvalue weighted by Gasteiger charge is 2.22. The SMILES string of the molecule is CCOc1cc(C2=NN(Cc3ccc(NC(=O)OCCN4CCSCC4)cc3)C(=O)CC2)ccc1OC. The van der Waals surface area contributed by atoms with Gasteiger partial charge in [-0.3, -0.25) is 15.0 Å². The smallest absolute Gasteiger partial charge is 0.411 e. The molecule has 2 amide bonds. The lowest BCUT2D eigenvalue weighted by Gasteiger charge is -2.25. The second-order valence-corrected chi connectivity index (χ2v) is 9.93. The third kappa shape index (κ3) is 7.62. The molecule has 2 aromatic rings. The molecule has 2 aromatic carbocycles. The number of carbonyl (C=O) groups excluding carboxylic acids is 2. The molecular weight excluding hydrogens is 492 g/mol. The number of nitrogens with one attached hydrogen (secondary N) is 1. The van der Waals surface area contributed by atoms with Gasteiger partial charge in [0, 0.05) is 55.2 Å². The highest BCUT2D eigenvalue weighted by molar-refractivity contribution is 7.99. The molecule has 1 N–H and O–H groups in total. The molecule has 37 heavy (non-hydrogen) atoms. The summed E-state index contributed by atoms with van der Waals surface area (Å²) in [6.45, 7) is 5.99. The zero-order chi connectivity index (χ0) is 26.0. The summed E-state index contributed by atoms with van der Waals surface area (Å²) in [6, 6.07) is 13.0. The quantitative estimate of drug-likeness (QED) is 0.496. The first-order chi connectivity index (χ1) is 18.1. The standard InChI is InChI=1S/C27H34N4O5S/c1-3-35-25-18-21(6-10-24(25)34-2)23-9-11-26(32)31(29-23)19-20-4-7-22(8-5-20)28-27(33)36-15-12-30-13-16-37-17-14-30/h4-8,10,18H,3,9,11-17,19H2,1-2H3,(H,28,33). The lowest BCUT2D eigenvalue weighted by atomic mass is 10.0. The Balaban J connectivity index is 1.32. The van der Waals surface area contributed by atoms with E-state index in [-0.39, 0.29) is 5.91 Å². The average molecular weight is 527 g/mol. The third-order valence-electron chi connectivity index (χ3n) is 6.18. The summed E-state index contributed by atoms with van der Waals surface area (Å²) >= 11 is 1.96. The first-order valence-electron chi connectivity index (χ1n) is 12.6. The van der Waals surface area contributed by atoms with Crippen LogP contribution in [-0.2, 0) is 16.1 Å². The Bertz CT molecular complexity index is 1100. The molecule has 1 fully saturated rings. The maximum absolute atomic E-state index is 12.6. The van der Waals surface area contributed by atoms with E-state index in [2.05, 4.69) is 15.3 Å². The van der Waals surface area contributed by atoms with Crippen LogP contribution in [0.5, 0.6) is 11.5 Å². The summed E-state index contributed by atoms with van der Waals surface area (Å²) in [7, 11) is 1.61. The summed E-state index contributed by atoms with van der Waals surface area (Å²) < 4.78 is 16.4. The second kappa shape index (κ2) is 13.3. The molecule has 9 nitrogen and oxygen atoms in total. The van der Waals surface area contributed by atoms with Crippen molar-refractivity contribution in [1.29, 1.82) is 0 Å². The highest BCUT2D eigenvalue weighted by atomic mass is 32.2. The minimum atomic E-state index is -0.467. The molecule has 0 atom stereocenters. The predicted molar refractivity (Wildman–Crippen MR) is 146 cm³/mol. The van der Waals surface area contributed by atoms with Gasteiger partial charge in [0.2, 0.25) is 5.91 Å². The number of methoxy groups -OCH3 is 1. The molecule has 0 bridgehead atoms.